The van der Waals surface area contributed by atoms with E-state index in [4.69, 9.17) is 0 Å². The van der Waals surface area contributed by atoms with Gasteiger partial charge in [-0.2, -0.15) is 0 Å². The second kappa shape index (κ2) is 5.79. The number of fused-ring (bicyclic) bond motifs is 1. The minimum atomic E-state index is -0.244. The summed E-state index contributed by atoms with van der Waals surface area (Å²) in [4.78, 5) is 5.03. The average Bonchev–Trinajstić information content (AvgIpc) is 2.87. The summed E-state index contributed by atoms with van der Waals surface area (Å²) in [7, 11) is 1.83. The number of benzene rings is 2. The third kappa shape index (κ3) is 2.75. The number of aromatic nitrogens is 1. The molecule has 3 aromatic rings. The molecule has 5 heteroatoms. The zero-order chi connectivity index (χ0) is 14.8. The highest BCUT2D eigenvalue weighted by molar-refractivity contribution is 7.99. The summed E-state index contributed by atoms with van der Waals surface area (Å²) < 4.78 is 13.4. The third-order valence-corrected chi connectivity index (χ3v) is 4.42. The van der Waals surface area contributed by atoms with Crippen LogP contribution >= 0.6 is 11.8 Å². The van der Waals surface area contributed by atoms with E-state index >= 15 is 0 Å². The number of nitrogens with one attached hydrogen (secondary N) is 2. The molecule has 0 saturated carbocycles. The summed E-state index contributed by atoms with van der Waals surface area (Å²) in [6.07, 6.45) is 1.86. The predicted octanol–water partition coefficient (Wildman–Crippen LogP) is 3.88. The predicted molar refractivity (Wildman–Crippen MR) is 83.3 cm³/mol. The first-order chi connectivity index (χ1) is 10.2. The van der Waals surface area contributed by atoms with Crippen molar-refractivity contribution < 1.29 is 9.50 Å². The maximum atomic E-state index is 13.4. The number of phenolic OH excluding ortho intramolecular Hbond substituents is 1. The summed E-state index contributed by atoms with van der Waals surface area (Å²) in [5, 5.41) is 13.9. The van der Waals surface area contributed by atoms with Crippen LogP contribution < -0.4 is 5.32 Å². The smallest absolute Gasteiger partial charge is 0.126 e. The molecule has 108 valence electrons. The zero-order valence-corrected chi connectivity index (χ0v) is 12.3. The van der Waals surface area contributed by atoms with Crippen LogP contribution in [0, 0.1) is 5.82 Å². The van der Waals surface area contributed by atoms with Crippen molar-refractivity contribution in [2.45, 2.75) is 16.3 Å². The van der Waals surface area contributed by atoms with Gasteiger partial charge in [0.05, 0.1) is 10.9 Å². The lowest BCUT2D eigenvalue weighted by Gasteiger charge is -2.09. The molecular weight excluding hydrogens is 287 g/mol. The van der Waals surface area contributed by atoms with E-state index in [-0.39, 0.29) is 11.6 Å². The molecule has 0 aliphatic carbocycles. The lowest BCUT2D eigenvalue weighted by Crippen LogP contribution is -2.06. The van der Waals surface area contributed by atoms with Crippen LogP contribution in [0.3, 0.4) is 0 Å². The summed E-state index contributed by atoms with van der Waals surface area (Å²) >= 11 is 1.52. The van der Waals surface area contributed by atoms with Crippen LogP contribution in [0.15, 0.2) is 52.4 Å². The normalized spacial score (nSPS) is 11.1. The Morgan fingerprint density at radius 3 is 2.90 bits per heavy atom. The van der Waals surface area contributed by atoms with Crippen LogP contribution in [0.1, 0.15) is 5.56 Å². The van der Waals surface area contributed by atoms with Crippen molar-refractivity contribution >= 4 is 22.7 Å². The Hall–Kier alpha value is -1.98. The van der Waals surface area contributed by atoms with Crippen LogP contribution in [-0.4, -0.2) is 17.1 Å². The van der Waals surface area contributed by atoms with Crippen LogP contribution in [0.25, 0.3) is 10.9 Å². The Morgan fingerprint density at radius 2 is 2.10 bits per heavy atom. The maximum absolute atomic E-state index is 13.4. The molecule has 2 aromatic carbocycles. The lowest BCUT2D eigenvalue weighted by atomic mass is 10.2. The molecule has 0 spiro atoms. The molecule has 0 aliphatic rings. The molecule has 1 aromatic heterocycles. The van der Waals surface area contributed by atoms with Crippen molar-refractivity contribution in [3.63, 3.8) is 0 Å². The van der Waals surface area contributed by atoms with Crippen molar-refractivity contribution in [3.05, 3.63) is 54.0 Å². The summed E-state index contributed by atoms with van der Waals surface area (Å²) in [6.45, 7) is 0.592. The van der Waals surface area contributed by atoms with E-state index in [1.165, 1.54) is 23.9 Å². The quantitative estimate of drug-likeness (QED) is 0.685. The van der Waals surface area contributed by atoms with Crippen LogP contribution in [0.5, 0.6) is 5.75 Å². The van der Waals surface area contributed by atoms with Gasteiger partial charge in [-0.25, -0.2) is 4.39 Å². The molecule has 1 heterocycles. The number of rotatable bonds is 4. The molecular formula is C16H15FN2OS. The molecule has 0 atom stereocenters. The highest BCUT2D eigenvalue weighted by atomic mass is 32.2. The van der Waals surface area contributed by atoms with Crippen LogP contribution in [0.2, 0.25) is 0 Å². The molecule has 0 bridgehead atoms. The molecule has 0 radical (unpaired) electrons. The Morgan fingerprint density at radius 1 is 1.24 bits per heavy atom. The first-order valence-electron chi connectivity index (χ1n) is 6.59. The highest BCUT2D eigenvalue weighted by Crippen LogP contribution is 2.39. The number of phenols is 1. The van der Waals surface area contributed by atoms with Crippen molar-refractivity contribution in [2.75, 3.05) is 7.05 Å². The number of hydrogen-bond acceptors (Lipinski definition) is 3. The van der Waals surface area contributed by atoms with Gasteiger partial charge in [0.2, 0.25) is 0 Å². The van der Waals surface area contributed by atoms with E-state index < -0.39 is 0 Å². The number of H-pyrrole nitrogens is 1. The number of halogens is 1. The minimum absolute atomic E-state index is 0.244. The Balaban J connectivity index is 2.03. The molecule has 3 rings (SSSR count). The number of hydrogen-bond donors (Lipinski definition) is 3. The summed E-state index contributed by atoms with van der Waals surface area (Å²) in [5.41, 5.74) is 1.78. The van der Waals surface area contributed by atoms with Crippen molar-refractivity contribution in [3.8, 4) is 5.75 Å². The molecule has 0 amide bonds. The monoisotopic (exact) mass is 302 g/mol. The average molecular weight is 302 g/mol. The second-order valence-corrected chi connectivity index (χ2v) is 5.82. The fourth-order valence-electron chi connectivity index (χ4n) is 2.31. The fraction of sp³-hybridized carbons (Fsp3) is 0.125. The van der Waals surface area contributed by atoms with Gasteiger partial charge in [0, 0.05) is 22.5 Å². The molecule has 21 heavy (non-hydrogen) atoms. The Labute approximate surface area is 126 Å². The highest BCUT2D eigenvalue weighted by Gasteiger charge is 2.12. The first kappa shape index (κ1) is 14.0. The lowest BCUT2D eigenvalue weighted by molar-refractivity contribution is 0.481. The van der Waals surface area contributed by atoms with Gasteiger partial charge in [-0.15, -0.1) is 0 Å². The van der Waals surface area contributed by atoms with Gasteiger partial charge in [0.15, 0.2) is 0 Å². The van der Waals surface area contributed by atoms with E-state index in [2.05, 4.69) is 10.3 Å². The number of aromatic hydroxyl groups is 1. The van der Waals surface area contributed by atoms with Crippen molar-refractivity contribution in [2.24, 2.45) is 0 Å². The molecule has 3 N–H and O–H groups in total. The summed E-state index contributed by atoms with van der Waals surface area (Å²) in [6, 6.07) is 10.1. The van der Waals surface area contributed by atoms with E-state index in [0.29, 0.717) is 6.54 Å². The first-order valence-corrected chi connectivity index (χ1v) is 7.40. The largest absolute Gasteiger partial charge is 0.507 e. The second-order valence-electron chi connectivity index (χ2n) is 4.74. The van der Waals surface area contributed by atoms with Gasteiger partial charge >= 0.3 is 0 Å². The molecule has 0 saturated heterocycles. The van der Waals surface area contributed by atoms with Gasteiger partial charge in [0.25, 0.3) is 0 Å². The van der Waals surface area contributed by atoms with Crippen LogP contribution in [0.4, 0.5) is 4.39 Å². The topological polar surface area (TPSA) is 48.0 Å². The van der Waals surface area contributed by atoms with E-state index in [1.807, 2.05) is 19.3 Å². The third-order valence-electron chi connectivity index (χ3n) is 3.26. The van der Waals surface area contributed by atoms with Crippen molar-refractivity contribution in [1.29, 1.82) is 0 Å². The van der Waals surface area contributed by atoms with Crippen molar-refractivity contribution in [1.82, 2.24) is 10.3 Å². The van der Waals surface area contributed by atoms with Gasteiger partial charge in [-0.1, -0.05) is 17.8 Å². The zero-order valence-electron chi connectivity index (χ0n) is 11.5. The minimum Gasteiger partial charge on any atom is -0.507 e. The van der Waals surface area contributed by atoms with Gasteiger partial charge in [-0.3, -0.25) is 0 Å². The molecule has 3 nitrogen and oxygen atoms in total. The summed E-state index contributed by atoms with van der Waals surface area (Å²) in [5.74, 6) is -0.0000907. The molecule has 0 fully saturated rings. The molecule has 0 aliphatic heterocycles. The Kier molecular flexibility index (Phi) is 3.86. The van der Waals surface area contributed by atoms with Gasteiger partial charge in [-0.05, 0) is 42.9 Å². The van der Waals surface area contributed by atoms with Gasteiger partial charge < -0.3 is 15.4 Å². The molecule has 0 unspecified atom stereocenters. The Bertz CT molecular complexity index is 785. The van der Waals surface area contributed by atoms with E-state index in [9.17, 15) is 9.50 Å². The van der Waals surface area contributed by atoms with E-state index in [0.717, 1.165) is 26.3 Å². The number of aromatic amines is 1. The SMILES string of the molecule is CNCc1cc(F)ccc1Sc1c[nH]c2cccc(O)c12. The maximum Gasteiger partial charge on any atom is 0.126 e. The standard InChI is InChI=1S/C16H15FN2OS/c1-18-8-10-7-11(17)5-6-14(10)21-15-9-19-12-3-2-4-13(20)16(12)15/h2-7,9,18-20H,8H2,1H3. The van der Waals surface area contributed by atoms with Crippen LogP contribution in [-0.2, 0) is 6.54 Å². The fourth-order valence-corrected chi connectivity index (χ4v) is 3.38. The van der Waals surface area contributed by atoms with E-state index in [1.54, 1.807) is 18.2 Å². The van der Waals surface area contributed by atoms with Gasteiger partial charge in [0.1, 0.15) is 11.6 Å².